The van der Waals surface area contributed by atoms with Crippen LogP contribution in [0.3, 0.4) is 0 Å². The quantitative estimate of drug-likeness (QED) is 0.779. The van der Waals surface area contributed by atoms with Crippen LogP contribution in [0.2, 0.25) is 0 Å². The van der Waals surface area contributed by atoms with Crippen LogP contribution in [0.15, 0.2) is 10.2 Å². The number of hydrogen-bond donors (Lipinski definition) is 0. The van der Waals surface area contributed by atoms with E-state index in [4.69, 9.17) is 0 Å². The molecule has 1 amide bonds. The summed E-state index contributed by atoms with van der Waals surface area (Å²) in [4.78, 5) is 25.3. The van der Waals surface area contributed by atoms with Gasteiger partial charge >= 0.3 is 4.87 Å². The van der Waals surface area contributed by atoms with Crippen molar-refractivity contribution in [3.05, 3.63) is 20.7 Å². The van der Waals surface area contributed by atoms with Crippen molar-refractivity contribution in [2.75, 3.05) is 13.1 Å². The average molecular weight is 256 g/mol. The van der Waals surface area contributed by atoms with Gasteiger partial charge in [0.25, 0.3) is 0 Å². The van der Waals surface area contributed by atoms with Gasteiger partial charge in [-0.1, -0.05) is 24.7 Å². The second-order valence-corrected chi connectivity index (χ2v) is 4.88. The van der Waals surface area contributed by atoms with Gasteiger partial charge in [0.15, 0.2) is 0 Å². The Morgan fingerprint density at radius 3 is 2.65 bits per heavy atom. The van der Waals surface area contributed by atoms with Gasteiger partial charge < -0.3 is 4.90 Å². The summed E-state index contributed by atoms with van der Waals surface area (Å²) in [6.45, 7) is 7.59. The minimum absolute atomic E-state index is 0.0320. The van der Waals surface area contributed by atoms with E-state index in [1.807, 2.05) is 18.7 Å². The summed E-state index contributed by atoms with van der Waals surface area (Å²) in [5, 5.41) is 1.79. The molecule has 0 saturated heterocycles. The molecule has 0 N–H and O–H groups in total. The van der Waals surface area contributed by atoms with Crippen LogP contribution in [0.4, 0.5) is 0 Å². The summed E-state index contributed by atoms with van der Waals surface area (Å²) in [6, 6.07) is 0. The number of nitrogens with zero attached hydrogens (tertiary/aromatic N) is 2. The predicted octanol–water partition coefficient (Wildman–Crippen LogP) is 1.87. The van der Waals surface area contributed by atoms with Gasteiger partial charge in [0.05, 0.1) is 0 Å². The van der Waals surface area contributed by atoms with Crippen molar-refractivity contribution in [2.45, 2.75) is 40.2 Å². The largest absolute Gasteiger partial charge is 0.341 e. The Hall–Kier alpha value is -1.10. The molecule has 1 heterocycles. The molecule has 96 valence electrons. The van der Waals surface area contributed by atoms with Crippen LogP contribution in [-0.2, 0) is 11.3 Å². The number of amides is 1. The lowest BCUT2D eigenvalue weighted by Crippen LogP contribution is -2.36. The first-order valence-corrected chi connectivity index (χ1v) is 6.90. The monoisotopic (exact) mass is 256 g/mol. The van der Waals surface area contributed by atoms with E-state index in [0.29, 0.717) is 6.54 Å². The minimum atomic E-state index is -0.0533. The average Bonchev–Trinajstić information content (AvgIpc) is 2.62. The van der Waals surface area contributed by atoms with Gasteiger partial charge in [-0.3, -0.25) is 14.2 Å². The molecule has 0 aliphatic carbocycles. The molecule has 1 aromatic rings. The van der Waals surface area contributed by atoms with Crippen molar-refractivity contribution in [3.63, 3.8) is 0 Å². The van der Waals surface area contributed by atoms with E-state index in [-0.39, 0.29) is 17.3 Å². The van der Waals surface area contributed by atoms with Gasteiger partial charge in [0.1, 0.15) is 6.54 Å². The highest BCUT2D eigenvalue weighted by atomic mass is 32.1. The summed E-state index contributed by atoms with van der Waals surface area (Å²) >= 11 is 1.15. The highest BCUT2D eigenvalue weighted by Crippen LogP contribution is 2.02. The van der Waals surface area contributed by atoms with Crippen LogP contribution in [0, 0.1) is 6.92 Å². The highest BCUT2D eigenvalue weighted by molar-refractivity contribution is 7.07. The van der Waals surface area contributed by atoms with Crippen molar-refractivity contribution < 1.29 is 4.79 Å². The van der Waals surface area contributed by atoms with Gasteiger partial charge in [-0.25, -0.2) is 0 Å². The normalized spacial score (nSPS) is 10.5. The zero-order valence-corrected chi connectivity index (χ0v) is 11.5. The molecular formula is C12H20N2O2S. The maximum atomic E-state index is 12.0. The molecule has 0 aliphatic rings. The molecule has 4 nitrogen and oxygen atoms in total. The van der Waals surface area contributed by atoms with Crippen molar-refractivity contribution in [1.29, 1.82) is 0 Å². The first-order valence-electron chi connectivity index (χ1n) is 6.02. The summed E-state index contributed by atoms with van der Waals surface area (Å²) in [5.41, 5.74) is 0.861. The Kier molecular flexibility index (Phi) is 5.41. The Labute approximate surface area is 106 Å². The molecule has 5 heteroatoms. The van der Waals surface area contributed by atoms with E-state index in [9.17, 15) is 9.59 Å². The van der Waals surface area contributed by atoms with Gasteiger partial charge in [0, 0.05) is 24.2 Å². The third-order valence-electron chi connectivity index (χ3n) is 2.79. The van der Waals surface area contributed by atoms with Crippen molar-refractivity contribution in [2.24, 2.45) is 0 Å². The predicted molar refractivity (Wildman–Crippen MR) is 70.5 cm³/mol. The Morgan fingerprint density at radius 2 is 2.18 bits per heavy atom. The van der Waals surface area contributed by atoms with Crippen LogP contribution in [-0.4, -0.2) is 28.5 Å². The molecule has 0 fully saturated rings. The number of hydrogen-bond acceptors (Lipinski definition) is 3. The third kappa shape index (κ3) is 3.70. The van der Waals surface area contributed by atoms with E-state index in [1.54, 1.807) is 9.95 Å². The lowest BCUT2D eigenvalue weighted by Gasteiger charge is -2.20. The van der Waals surface area contributed by atoms with E-state index in [0.717, 1.165) is 36.4 Å². The van der Waals surface area contributed by atoms with E-state index in [1.165, 1.54) is 0 Å². The number of unbranched alkanes of at least 4 members (excludes halogenated alkanes) is 1. The van der Waals surface area contributed by atoms with Gasteiger partial charge in [-0.15, -0.1) is 0 Å². The van der Waals surface area contributed by atoms with Crippen LogP contribution < -0.4 is 4.87 Å². The number of carbonyl (C=O) groups excluding carboxylic acids is 1. The minimum Gasteiger partial charge on any atom is -0.341 e. The SMILES string of the molecule is CCCCN(CC)C(=O)Cn1c(C)csc1=O. The lowest BCUT2D eigenvalue weighted by molar-refractivity contribution is -0.131. The number of rotatable bonds is 6. The molecule has 1 aromatic heterocycles. The van der Waals surface area contributed by atoms with Gasteiger partial charge in [-0.05, 0) is 20.3 Å². The Morgan fingerprint density at radius 1 is 1.47 bits per heavy atom. The van der Waals surface area contributed by atoms with Crippen molar-refractivity contribution in [3.8, 4) is 0 Å². The van der Waals surface area contributed by atoms with Crippen molar-refractivity contribution >= 4 is 17.2 Å². The Bertz CT molecular complexity index is 422. The maximum absolute atomic E-state index is 12.0. The maximum Gasteiger partial charge on any atom is 0.307 e. The first kappa shape index (κ1) is 14.0. The molecule has 0 aliphatic heterocycles. The topological polar surface area (TPSA) is 42.3 Å². The fourth-order valence-electron chi connectivity index (χ4n) is 1.64. The number of aromatic nitrogens is 1. The van der Waals surface area contributed by atoms with Crippen LogP contribution in [0.1, 0.15) is 32.4 Å². The second-order valence-electron chi connectivity index (χ2n) is 4.06. The fraction of sp³-hybridized carbons (Fsp3) is 0.667. The molecule has 0 spiro atoms. The number of likely N-dealkylation sites (N-methyl/N-ethyl adjacent to an activating group) is 1. The summed E-state index contributed by atoms with van der Waals surface area (Å²) in [7, 11) is 0. The molecule has 0 saturated carbocycles. The number of carbonyl (C=O) groups is 1. The number of aryl methyl sites for hydroxylation is 1. The van der Waals surface area contributed by atoms with E-state index >= 15 is 0 Å². The smallest absolute Gasteiger partial charge is 0.307 e. The first-order chi connectivity index (χ1) is 8.10. The van der Waals surface area contributed by atoms with E-state index < -0.39 is 0 Å². The summed E-state index contributed by atoms with van der Waals surface area (Å²) in [5.74, 6) is 0.0320. The number of thiazole rings is 1. The highest BCUT2D eigenvalue weighted by Gasteiger charge is 2.14. The fourth-order valence-corrected chi connectivity index (χ4v) is 2.37. The third-order valence-corrected chi connectivity index (χ3v) is 3.67. The van der Waals surface area contributed by atoms with Crippen LogP contribution in [0.25, 0.3) is 0 Å². The van der Waals surface area contributed by atoms with E-state index in [2.05, 4.69) is 6.92 Å². The molecule has 17 heavy (non-hydrogen) atoms. The molecule has 0 radical (unpaired) electrons. The second kappa shape index (κ2) is 6.59. The summed E-state index contributed by atoms with van der Waals surface area (Å²) in [6.07, 6.45) is 2.08. The standard InChI is InChI=1S/C12H20N2O2S/c1-4-6-7-13(5-2)11(15)8-14-10(3)9-17-12(14)16/h9H,4-8H2,1-3H3. The zero-order chi connectivity index (χ0) is 12.8. The van der Waals surface area contributed by atoms with Gasteiger partial charge in [0.2, 0.25) is 5.91 Å². The molecule has 0 atom stereocenters. The van der Waals surface area contributed by atoms with Gasteiger partial charge in [-0.2, -0.15) is 0 Å². The molecular weight excluding hydrogens is 236 g/mol. The van der Waals surface area contributed by atoms with Crippen molar-refractivity contribution in [1.82, 2.24) is 9.47 Å². The molecule has 1 rings (SSSR count). The molecule has 0 bridgehead atoms. The molecule has 0 aromatic carbocycles. The van der Waals surface area contributed by atoms with Crippen LogP contribution >= 0.6 is 11.3 Å². The lowest BCUT2D eigenvalue weighted by atomic mass is 10.3. The zero-order valence-electron chi connectivity index (χ0n) is 10.7. The molecule has 0 unspecified atom stereocenters. The summed E-state index contributed by atoms with van der Waals surface area (Å²) < 4.78 is 1.54. The van der Waals surface area contributed by atoms with Crippen LogP contribution in [0.5, 0.6) is 0 Å². The Balaban J connectivity index is 2.67.